The van der Waals surface area contributed by atoms with E-state index in [0.29, 0.717) is 12.3 Å². The van der Waals surface area contributed by atoms with Crippen molar-refractivity contribution in [3.8, 4) is 5.75 Å². The molecule has 3 rings (SSSR count). The summed E-state index contributed by atoms with van der Waals surface area (Å²) < 4.78 is 0. The number of nitrogens with zero attached hydrogens (tertiary/aromatic N) is 1. The van der Waals surface area contributed by atoms with Gasteiger partial charge in [-0.2, -0.15) is 0 Å². The number of carbonyl (C=O) groups excluding carboxylic acids is 1. The van der Waals surface area contributed by atoms with Crippen molar-refractivity contribution in [2.45, 2.75) is 37.8 Å². The molecular formula is C15H20N2O3. The number of benzene rings is 1. The molecule has 0 aliphatic heterocycles. The van der Waals surface area contributed by atoms with Crippen LogP contribution in [0.3, 0.4) is 0 Å². The van der Waals surface area contributed by atoms with Crippen molar-refractivity contribution in [2.75, 3.05) is 13.2 Å². The predicted octanol–water partition coefficient (Wildman–Crippen LogP) is 1.55. The number of amides is 2. The first-order valence-electron chi connectivity index (χ1n) is 7.19. The van der Waals surface area contributed by atoms with E-state index in [-0.39, 0.29) is 24.7 Å². The van der Waals surface area contributed by atoms with Crippen LogP contribution in [0.1, 0.15) is 36.4 Å². The van der Waals surface area contributed by atoms with Crippen LogP contribution in [-0.4, -0.2) is 40.3 Å². The third kappa shape index (κ3) is 2.45. The SMILES string of the molecule is O=C(NC1CCc2c(O)cccc21)N(CCO)C1CC1. The summed E-state index contributed by atoms with van der Waals surface area (Å²) in [7, 11) is 0. The van der Waals surface area contributed by atoms with Crippen LogP contribution in [0.15, 0.2) is 18.2 Å². The highest BCUT2D eigenvalue weighted by atomic mass is 16.3. The molecule has 2 aliphatic rings. The average Bonchev–Trinajstić information content (AvgIpc) is 3.19. The van der Waals surface area contributed by atoms with Gasteiger partial charge in [-0.25, -0.2) is 4.79 Å². The zero-order valence-corrected chi connectivity index (χ0v) is 11.4. The zero-order chi connectivity index (χ0) is 14.1. The van der Waals surface area contributed by atoms with Gasteiger partial charge in [-0.1, -0.05) is 12.1 Å². The molecule has 1 saturated carbocycles. The molecule has 1 unspecified atom stereocenters. The highest BCUT2D eigenvalue weighted by Gasteiger charge is 2.34. The summed E-state index contributed by atoms with van der Waals surface area (Å²) in [6.07, 6.45) is 3.65. The summed E-state index contributed by atoms with van der Waals surface area (Å²) in [5.41, 5.74) is 1.95. The normalized spacial score (nSPS) is 20.6. The minimum atomic E-state index is -0.109. The number of hydrogen-bond donors (Lipinski definition) is 3. The number of aliphatic hydroxyl groups excluding tert-OH is 1. The minimum Gasteiger partial charge on any atom is -0.508 e. The molecule has 20 heavy (non-hydrogen) atoms. The van der Waals surface area contributed by atoms with Crippen molar-refractivity contribution in [1.82, 2.24) is 10.2 Å². The molecule has 1 fully saturated rings. The first-order valence-corrected chi connectivity index (χ1v) is 7.19. The molecule has 0 heterocycles. The molecule has 108 valence electrons. The van der Waals surface area contributed by atoms with Crippen molar-refractivity contribution in [1.29, 1.82) is 0 Å². The molecule has 0 spiro atoms. The van der Waals surface area contributed by atoms with Crippen molar-refractivity contribution < 1.29 is 15.0 Å². The van der Waals surface area contributed by atoms with Gasteiger partial charge in [-0.3, -0.25) is 0 Å². The summed E-state index contributed by atoms with van der Waals surface area (Å²) in [5.74, 6) is 0.314. The Labute approximate surface area is 118 Å². The van der Waals surface area contributed by atoms with Crippen LogP contribution in [0.5, 0.6) is 5.75 Å². The monoisotopic (exact) mass is 276 g/mol. The standard InChI is InChI=1S/C15H20N2O3/c18-9-8-17(10-4-5-10)15(20)16-13-7-6-12-11(13)2-1-3-14(12)19/h1-3,10,13,18-19H,4-9H2,(H,16,20). The molecule has 5 heteroatoms. The maximum absolute atomic E-state index is 12.3. The van der Waals surface area contributed by atoms with Crippen LogP contribution in [0.2, 0.25) is 0 Å². The molecule has 0 radical (unpaired) electrons. The average molecular weight is 276 g/mol. The summed E-state index contributed by atoms with van der Waals surface area (Å²) in [6.45, 7) is 0.377. The highest BCUT2D eigenvalue weighted by molar-refractivity contribution is 5.75. The van der Waals surface area contributed by atoms with Crippen molar-refractivity contribution in [2.24, 2.45) is 0 Å². The van der Waals surface area contributed by atoms with Crippen LogP contribution in [0, 0.1) is 0 Å². The van der Waals surface area contributed by atoms with E-state index < -0.39 is 0 Å². The second kappa shape index (κ2) is 5.32. The Morgan fingerprint density at radius 2 is 2.15 bits per heavy atom. The molecule has 1 aromatic rings. The van der Waals surface area contributed by atoms with Crippen LogP contribution < -0.4 is 5.32 Å². The van der Waals surface area contributed by atoms with E-state index in [1.807, 2.05) is 12.1 Å². The maximum atomic E-state index is 12.3. The largest absolute Gasteiger partial charge is 0.508 e. The fourth-order valence-electron chi connectivity index (χ4n) is 2.96. The Balaban J connectivity index is 1.70. The van der Waals surface area contributed by atoms with Crippen LogP contribution >= 0.6 is 0 Å². The van der Waals surface area contributed by atoms with E-state index in [9.17, 15) is 9.90 Å². The smallest absolute Gasteiger partial charge is 0.318 e. The minimum absolute atomic E-state index is 0.00797. The van der Waals surface area contributed by atoms with E-state index in [4.69, 9.17) is 5.11 Å². The lowest BCUT2D eigenvalue weighted by Gasteiger charge is -2.24. The van der Waals surface area contributed by atoms with E-state index in [2.05, 4.69) is 5.32 Å². The number of carbonyl (C=O) groups is 1. The Kier molecular flexibility index (Phi) is 3.53. The Bertz CT molecular complexity index is 514. The Morgan fingerprint density at radius 3 is 2.85 bits per heavy atom. The third-order valence-electron chi connectivity index (χ3n) is 4.13. The van der Waals surface area contributed by atoms with Gasteiger partial charge in [0.15, 0.2) is 0 Å². The lowest BCUT2D eigenvalue weighted by molar-refractivity contribution is 0.170. The summed E-state index contributed by atoms with van der Waals surface area (Å²) in [4.78, 5) is 14.0. The number of aliphatic hydroxyl groups is 1. The van der Waals surface area contributed by atoms with Crippen LogP contribution in [-0.2, 0) is 6.42 Å². The van der Waals surface area contributed by atoms with Gasteiger partial charge in [0.25, 0.3) is 0 Å². The molecule has 0 saturated heterocycles. The molecular weight excluding hydrogens is 256 g/mol. The number of hydrogen-bond acceptors (Lipinski definition) is 3. The molecule has 0 aromatic heterocycles. The molecule has 5 nitrogen and oxygen atoms in total. The lowest BCUT2D eigenvalue weighted by Crippen LogP contribution is -2.43. The fourth-order valence-corrected chi connectivity index (χ4v) is 2.96. The maximum Gasteiger partial charge on any atom is 0.318 e. The molecule has 3 N–H and O–H groups in total. The first-order chi connectivity index (χ1) is 9.70. The lowest BCUT2D eigenvalue weighted by atomic mass is 10.1. The summed E-state index contributed by atoms with van der Waals surface area (Å²) in [5, 5.41) is 21.9. The quantitative estimate of drug-likeness (QED) is 0.781. The van der Waals surface area contributed by atoms with Crippen molar-refractivity contribution >= 4 is 6.03 Å². The molecule has 2 amide bonds. The number of fused-ring (bicyclic) bond motifs is 1. The predicted molar refractivity (Wildman–Crippen MR) is 74.5 cm³/mol. The van der Waals surface area contributed by atoms with Crippen molar-refractivity contribution in [3.63, 3.8) is 0 Å². The number of nitrogens with one attached hydrogen (secondary N) is 1. The van der Waals surface area contributed by atoms with E-state index in [0.717, 1.165) is 36.8 Å². The molecule has 1 aromatic carbocycles. The fraction of sp³-hybridized carbons (Fsp3) is 0.533. The first kappa shape index (κ1) is 13.2. The Morgan fingerprint density at radius 1 is 1.35 bits per heavy atom. The van der Waals surface area contributed by atoms with Gasteiger partial charge < -0.3 is 20.4 Å². The number of phenols is 1. The second-order valence-electron chi connectivity index (χ2n) is 5.53. The topological polar surface area (TPSA) is 72.8 Å². The van der Waals surface area contributed by atoms with Gasteiger partial charge in [0, 0.05) is 12.6 Å². The second-order valence-corrected chi connectivity index (χ2v) is 5.53. The summed E-state index contributed by atoms with van der Waals surface area (Å²) in [6, 6.07) is 5.59. The van der Waals surface area contributed by atoms with Gasteiger partial charge >= 0.3 is 6.03 Å². The van der Waals surface area contributed by atoms with Crippen LogP contribution in [0.25, 0.3) is 0 Å². The summed E-state index contributed by atoms with van der Waals surface area (Å²) >= 11 is 0. The number of aromatic hydroxyl groups is 1. The van der Waals surface area contributed by atoms with Gasteiger partial charge in [-0.15, -0.1) is 0 Å². The van der Waals surface area contributed by atoms with E-state index in [1.54, 1.807) is 11.0 Å². The van der Waals surface area contributed by atoms with Gasteiger partial charge in [-0.05, 0) is 42.9 Å². The van der Waals surface area contributed by atoms with Gasteiger partial charge in [0.2, 0.25) is 0 Å². The van der Waals surface area contributed by atoms with E-state index >= 15 is 0 Å². The Hall–Kier alpha value is -1.75. The molecule has 2 aliphatic carbocycles. The molecule has 0 bridgehead atoms. The number of phenolic OH excluding ortho intramolecular Hbond substituents is 1. The third-order valence-corrected chi connectivity index (χ3v) is 4.13. The highest BCUT2D eigenvalue weighted by Crippen LogP contribution is 2.36. The molecule has 1 atom stereocenters. The van der Waals surface area contributed by atoms with Crippen LogP contribution in [0.4, 0.5) is 4.79 Å². The number of rotatable bonds is 4. The van der Waals surface area contributed by atoms with Gasteiger partial charge in [0.05, 0.1) is 12.6 Å². The number of urea groups is 1. The van der Waals surface area contributed by atoms with Gasteiger partial charge in [0.1, 0.15) is 5.75 Å². The van der Waals surface area contributed by atoms with E-state index in [1.165, 1.54) is 0 Å². The van der Waals surface area contributed by atoms with Crippen molar-refractivity contribution in [3.05, 3.63) is 29.3 Å². The zero-order valence-electron chi connectivity index (χ0n) is 11.4.